The summed E-state index contributed by atoms with van der Waals surface area (Å²) in [7, 11) is 1.63. The molecule has 0 fully saturated rings. The SMILES string of the molecule is COc1cc(NCC(C)(O)C(C)C)ccc1Br. The summed E-state index contributed by atoms with van der Waals surface area (Å²) in [6.07, 6.45) is 0. The van der Waals surface area contributed by atoms with Crippen molar-refractivity contribution in [1.29, 1.82) is 0 Å². The first-order valence-corrected chi connectivity index (χ1v) is 6.46. The molecule has 2 N–H and O–H groups in total. The van der Waals surface area contributed by atoms with Gasteiger partial charge in [-0.25, -0.2) is 0 Å². The van der Waals surface area contributed by atoms with E-state index in [0.29, 0.717) is 6.54 Å². The highest BCUT2D eigenvalue weighted by molar-refractivity contribution is 9.10. The molecule has 0 saturated carbocycles. The Bertz CT molecular complexity index is 378. The predicted octanol–water partition coefficient (Wildman–Crippen LogP) is 3.28. The van der Waals surface area contributed by atoms with Crippen molar-refractivity contribution in [2.75, 3.05) is 19.0 Å². The van der Waals surface area contributed by atoms with Crippen LogP contribution in [0.25, 0.3) is 0 Å². The van der Waals surface area contributed by atoms with Crippen molar-refractivity contribution in [2.24, 2.45) is 5.92 Å². The van der Waals surface area contributed by atoms with E-state index in [2.05, 4.69) is 21.2 Å². The average molecular weight is 302 g/mol. The zero-order valence-corrected chi connectivity index (χ0v) is 12.3. The van der Waals surface area contributed by atoms with E-state index in [1.165, 1.54) is 0 Å². The number of hydrogen-bond donors (Lipinski definition) is 2. The average Bonchev–Trinajstić information content (AvgIpc) is 2.28. The van der Waals surface area contributed by atoms with Gasteiger partial charge < -0.3 is 15.2 Å². The third kappa shape index (κ3) is 3.89. The first-order chi connectivity index (χ1) is 7.86. The number of anilines is 1. The molecule has 0 aromatic heterocycles. The molecule has 0 bridgehead atoms. The van der Waals surface area contributed by atoms with Crippen molar-refractivity contribution < 1.29 is 9.84 Å². The molecule has 3 nitrogen and oxygen atoms in total. The molecule has 0 aliphatic rings. The Labute approximate surface area is 111 Å². The second-order valence-electron chi connectivity index (χ2n) is 4.71. The molecule has 0 saturated heterocycles. The quantitative estimate of drug-likeness (QED) is 0.877. The van der Waals surface area contributed by atoms with Gasteiger partial charge in [0.1, 0.15) is 5.75 Å². The minimum Gasteiger partial charge on any atom is -0.495 e. The van der Waals surface area contributed by atoms with Crippen molar-refractivity contribution in [3.8, 4) is 5.75 Å². The molecular formula is C13H20BrNO2. The fourth-order valence-corrected chi connectivity index (χ4v) is 1.66. The lowest BCUT2D eigenvalue weighted by Crippen LogP contribution is -2.38. The van der Waals surface area contributed by atoms with E-state index < -0.39 is 5.60 Å². The van der Waals surface area contributed by atoms with Crippen molar-refractivity contribution >= 4 is 21.6 Å². The van der Waals surface area contributed by atoms with Crippen LogP contribution in [0.4, 0.5) is 5.69 Å². The van der Waals surface area contributed by atoms with E-state index in [1.54, 1.807) is 7.11 Å². The van der Waals surface area contributed by atoms with Gasteiger partial charge >= 0.3 is 0 Å². The topological polar surface area (TPSA) is 41.5 Å². The second-order valence-corrected chi connectivity index (χ2v) is 5.57. The van der Waals surface area contributed by atoms with Crippen LogP contribution in [0.2, 0.25) is 0 Å². The lowest BCUT2D eigenvalue weighted by molar-refractivity contribution is 0.0266. The minimum absolute atomic E-state index is 0.201. The number of rotatable bonds is 5. The van der Waals surface area contributed by atoms with Gasteiger partial charge in [0.15, 0.2) is 0 Å². The molecular weight excluding hydrogens is 282 g/mol. The van der Waals surface area contributed by atoms with E-state index in [-0.39, 0.29) is 5.92 Å². The molecule has 4 heteroatoms. The summed E-state index contributed by atoms with van der Waals surface area (Å²) in [6, 6.07) is 5.77. The molecule has 0 heterocycles. The summed E-state index contributed by atoms with van der Waals surface area (Å²) < 4.78 is 6.13. The van der Waals surface area contributed by atoms with Gasteiger partial charge in [-0.1, -0.05) is 13.8 Å². The zero-order chi connectivity index (χ0) is 13.1. The van der Waals surface area contributed by atoms with Crippen molar-refractivity contribution in [3.05, 3.63) is 22.7 Å². The lowest BCUT2D eigenvalue weighted by Gasteiger charge is -2.28. The van der Waals surface area contributed by atoms with Gasteiger partial charge in [0.2, 0.25) is 0 Å². The van der Waals surface area contributed by atoms with E-state index in [0.717, 1.165) is 15.9 Å². The number of halogens is 1. The molecule has 1 aromatic rings. The molecule has 0 aliphatic heterocycles. The Morgan fingerprint density at radius 1 is 1.47 bits per heavy atom. The lowest BCUT2D eigenvalue weighted by atomic mass is 9.92. The van der Waals surface area contributed by atoms with Gasteiger partial charge in [-0.3, -0.25) is 0 Å². The second kappa shape index (κ2) is 5.74. The van der Waals surface area contributed by atoms with Crippen molar-refractivity contribution in [1.82, 2.24) is 0 Å². The molecule has 0 spiro atoms. The molecule has 1 aromatic carbocycles. The van der Waals surface area contributed by atoms with E-state index in [9.17, 15) is 5.11 Å². The highest BCUT2D eigenvalue weighted by Gasteiger charge is 2.24. The Balaban J connectivity index is 2.70. The monoisotopic (exact) mass is 301 g/mol. The van der Waals surface area contributed by atoms with E-state index in [4.69, 9.17) is 4.74 Å². The number of nitrogens with one attached hydrogen (secondary N) is 1. The Hall–Kier alpha value is -0.740. The third-order valence-electron chi connectivity index (χ3n) is 3.05. The predicted molar refractivity (Wildman–Crippen MR) is 74.6 cm³/mol. The summed E-state index contributed by atoms with van der Waals surface area (Å²) in [6.45, 7) is 6.35. The van der Waals surface area contributed by atoms with Crippen LogP contribution in [0.5, 0.6) is 5.75 Å². The first kappa shape index (κ1) is 14.3. The van der Waals surface area contributed by atoms with Crippen LogP contribution in [0.3, 0.4) is 0 Å². The Morgan fingerprint density at radius 2 is 2.12 bits per heavy atom. The summed E-state index contributed by atoms with van der Waals surface area (Å²) in [5.74, 6) is 0.978. The minimum atomic E-state index is -0.722. The fraction of sp³-hybridized carbons (Fsp3) is 0.538. The number of ether oxygens (including phenoxy) is 1. The van der Waals surface area contributed by atoms with Gasteiger partial charge in [0.05, 0.1) is 17.2 Å². The summed E-state index contributed by atoms with van der Waals surface area (Å²) in [5, 5.41) is 13.3. The maximum absolute atomic E-state index is 10.1. The first-order valence-electron chi connectivity index (χ1n) is 5.66. The molecule has 17 heavy (non-hydrogen) atoms. The highest BCUT2D eigenvalue weighted by Crippen LogP contribution is 2.28. The van der Waals surface area contributed by atoms with Crippen LogP contribution in [0.1, 0.15) is 20.8 Å². The van der Waals surface area contributed by atoms with Gasteiger partial charge in [-0.15, -0.1) is 0 Å². The Morgan fingerprint density at radius 3 is 2.65 bits per heavy atom. The van der Waals surface area contributed by atoms with Crippen molar-refractivity contribution in [3.63, 3.8) is 0 Å². The number of hydrogen-bond acceptors (Lipinski definition) is 3. The van der Waals surface area contributed by atoms with E-state index in [1.807, 2.05) is 39.0 Å². The van der Waals surface area contributed by atoms with Crippen LogP contribution in [-0.4, -0.2) is 24.4 Å². The molecule has 1 atom stereocenters. The highest BCUT2D eigenvalue weighted by atomic mass is 79.9. The van der Waals surface area contributed by atoms with E-state index >= 15 is 0 Å². The summed E-state index contributed by atoms with van der Waals surface area (Å²) in [4.78, 5) is 0. The van der Waals surface area contributed by atoms with Crippen LogP contribution in [0.15, 0.2) is 22.7 Å². The zero-order valence-electron chi connectivity index (χ0n) is 10.7. The van der Waals surface area contributed by atoms with Crippen LogP contribution < -0.4 is 10.1 Å². The summed E-state index contributed by atoms with van der Waals surface area (Å²) >= 11 is 3.40. The molecule has 1 unspecified atom stereocenters. The molecule has 0 radical (unpaired) electrons. The summed E-state index contributed by atoms with van der Waals surface area (Å²) in [5.41, 5.74) is 0.214. The third-order valence-corrected chi connectivity index (χ3v) is 3.70. The number of aliphatic hydroxyl groups is 1. The fourth-order valence-electron chi connectivity index (χ4n) is 1.25. The maximum Gasteiger partial charge on any atom is 0.135 e. The normalized spacial score (nSPS) is 14.5. The molecule has 0 amide bonds. The standard InChI is InChI=1S/C13H20BrNO2/c1-9(2)13(3,16)8-15-10-5-6-11(14)12(7-10)17-4/h5-7,9,15-16H,8H2,1-4H3. The Kier molecular flexibility index (Phi) is 4.83. The largest absolute Gasteiger partial charge is 0.495 e. The maximum atomic E-state index is 10.1. The van der Waals surface area contributed by atoms with Crippen LogP contribution in [-0.2, 0) is 0 Å². The molecule has 1 rings (SSSR count). The van der Waals surface area contributed by atoms with Gasteiger partial charge in [-0.2, -0.15) is 0 Å². The van der Waals surface area contributed by atoms with Crippen LogP contribution >= 0.6 is 15.9 Å². The van der Waals surface area contributed by atoms with Crippen molar-refractivity contribution in [2.45, 2.75) is 26.4 Å². The van der Waals surface area contributed by atoms with Gasteiger partial charge in [0, 0.05) is 18.3 Å². The van der Waals surface area contributed by atoms with Crippen LogP contribution in [0, 0.1) is 5.92 Å². The number of benzene rings is 1. The molecule has 0 aliphatic carbocycles. The van der Waals surface area contributed by atoms with Gasteiger partial charge in [0.25, 0.3) is 0 Å². The number of methoxy groups -OCH3 is 1. The molecule has 96 valence electrons. The smallest absolute Gasteiger partial charge is 0.135 e. The van der Waals surface area contributed by atoms with Gasteiger partial charge in [-0.05, 0) is 40.9 Å².